The van der Waals surface area contributed by atoms with Gasteiger partial charge in [-0.1, -0.05) is 23.2 Å². The van der Waals surface area contributed by atoms with E-state index in [-0.39, 0.29) is 0 Å². The molecule has 1 aliphatic rings. The monoisotopic (exact) mass is 200 g/mol. The van der Waals surface area contributed by atoms with Crippen LogP contribution in [0, 0.1) is 0 Å². The molecule has 0 aromatic rings. The minimum Gasteiger partial charge on any atom is -0.455 e. The second kappa shape index (κ2) is 2.79. The third-order valence-electron chi connectivity index (χ3n) is 1.43. The molecule has 6 heteroatoms. The van der Waals surface area contributed by atoms with Gasteiger partial charge in [-0.3, -0.25) is 0 Å². The summed E-state index contributed by atoms with van der Waals surface area (Å²) in [5.41, 5.74) is 0. The minimum atomic E-state index is -1.94. The first-order valence-corrected chi connectivity index (χ1v) is 3.63. The highest BCUT2D eigenvalue weighted by Gasteiger charge is 2.54. The molecule has 1 fully saturated rings. The van der Waals surface area contributed by atoms with E-state index in [4.69, 9.17) is 33.4 Å². The molecule has 2 atom stereocenters. The van der Waals surface area contributed by atoms with E-state index < -0.39 is 29.1 Å². The van der Waals surface area contributed by atoms with Crippen LogP contribution >= 0.6 is 23.2 Å². The molecule has 64 valence electrons. The standard InChI is InChI=1S/C5H6Cl2O4/c6-5(7)3(9)2(1-8)11-4(5)10/h2-3,8-9H,1H2/t2-,3-/m1/s1. The highest BCUT2D eigenvalue weighted by molar-refractivity contribution is 6.58. The summed E-state index contributed by atoms with van der Waals surface area (Å²) in [6.07, 6.45) is -2.39. The normalized spacial score (nSPS) is 35.5. The molecule has 0 saturated carbocycles. The molecule has 0 aromatic heterocycles. The molecule has 0 aliphatic carbocycles. The second-order valence-corrected chi connectivity index (χ2v) is 3.58. The third-order valence-corrected chi connectivity index (χ3v) is 2.19. The summed E-state index contributed by atoms with van der Waals surface area (Å²) >= 11 is 10.7. The van der Waals surface area contributed by atoms with Crippen LogP contribution < -0.4 is 0 Å². The van der Waals surface area contributed by atoms with Crippen LogP contribution in [-0.4, -0.2) is 39.3 Å². The van der Waals surface area contributed by atoms with Crippen LogP contribution in [-0.2, 0) is 9.53 Å². The maximum atomic E-state index is 10.7. The van der Waals surface area contributed by atoms with E-state index >= 15 is 0 Å². The van der Waals surface area contributed by atoms with Gasteiger partial charge in [0.25, 0.3) is 0 Å². The molecule has 1 saturated heterocycles. The van der Waals surface area contributed by atoms with Gasteiger partial charge in [0, 0.05) is 0 Å². The topological polar surface area (TPSA) is 66.8 Å². The molecule has 0 aromatic carbocycles. The highest BCUT2D eigenvalue weighted by Crippen LogP contribution is 2.35. The number of halogens is 2. The summed E-state index contributed by atoms with van der Waals surface area (Å²) in [5, 5.41) is 17.6. The Balaban J connectivity index is 2.80. The Morgan fingerprint density at radius 2 is 2.18 bits per heavy atom. The predicted molar refractivity (Wildman–Crippen MR) is 37.4 cm³/mol. The molecule has 0 unspecified atom stereocenters. The van der Waals surface area contributed by atoms with Crippen molar-refractivity contribution in [3.05, 3.63) is 0 Å². The first kappa shape index (κ1) is 9.06. The lowest BCUT2D eigenvalue weighted by Gasteiger charge is -2.13. The third kappa shape index (κ3) is 1.31. The van der Waals surface area contributed by atoms with E-state index in [1.165, 1.54) is 0 Å². The molecule has 0 radical (unpaired) electrons. The van der Waals surface area contributed by atoms with Gasteiger partial charge in [0.05, 0.1) is 6.61 Å². The lowest BCUT2D eigenvalue weighted by atomic mass is 10.2. The van der Waals surface area contributed by atoms with Crippen molar-refractivity contribution in [1.29, 1.82) is 0 Å². The number of rotatable bonds is 1. The maximum absolute atomic E-state index is 10.7. The Kier molecular flexibility index (Phi) is 2.29. The van der Waals surface area contributed by atoms with Crippen molar-refractivity contribution in [2.75, 3.05) is 6.61 Å². The van der Waals surface area contributed by atoms with E-state index in [9.17, 15) is 4.79 Å². The van der Waals surface area contributed by atoms with Crippen molar-refractivity contribution in [2.24, 2.45) is 0 Å². The Hall–Kier alpha value is -0.0300. The van der Waals surface area contributed by atoms with Crippen molar-refractivity contribution in [2.45, 2.75) is 16.5 Å². The molecule has 1 aliphatic heterocycles. The minimum absolute atomic E-state index is 0.492. The van der Waals surface area contributed by atoms with Gasteiger partial charge in [-0.2, -0.15) is 0 Å². The molecule has 0 bridgehead atoms. The Labute approximate surface area is 72.7 Å². The van der Waals surface area contributed by atoms with Gasteiger partial charge in [-0.05, 0) is 0 Å². The van der Waals surface area contributed by atoms with Gasteiger partial charge < -0.3 is 14.9 Å². The van der Waals surface area contributed by atoms with Crippen LogP contribution in [0.1, 0.15) is 0 Å². The van der Waals surface area contributed by atoms with Crippen molar-refractivity contribution in [3.63, 3.8) is 0 Å². The molecular formula is C5H6Cl2O4. The van der Waals surface area contributed by atoms with E-state index in [0.29, 0.717) is 0 Å². The van der Waals surface area contributed by atoms with Gasteiger partial charge in [0.2, 0.25) is 4.33 Å². The zero-order chi connectivity index (χ0) is 8.65. The summed E-state index contributed by atoms with van der Waals surface area (Å²) in [4.78, 5) is 10.7. The Morgan fingerprint density at radius 1 is 1.64 bits per heavy atom. The number of hydrogen-bond acceptors (Lipinski definition) is 4. The number of carbonyl (C=O) groups is 1. The zero-order valence-corrected chi connectivity index (χ0v) is 6.84. The quantitative estimate of drug-likeness (QED) is 0.440. The molecule has 0 amide bonds. The van der Waals surface area contributed by atoms with Crippen molar-refractivity contribution < 1.29 is 19.7 Å². The maximum Gasteiger partial charge on any atom is 0.346 e. The van der Waals surface area contributed by atoms with Crippen LogP contribution in [0.3, 0.4) is 0 Å². The van der Waals surface area contributed by atoms with Crippen LogP contribution in [0.15, 0.2) is 0 Å². The first-order valence-electron chi connectivity index (χ1n) is 2.88. The van der Waals surface area contributed by atoms with Crippen molar-refractivity contribution in [3.8, 4) is 0 Å². The fraction of sp³-hybridized carbons (Fsp3) is 0.800. The average molecular weight is 201 g/mol. The van der Waals surface area contributed by atoms with Crippen molar-refractivity contribution >= 4 is 29.2 Å². The number of hydrogen-bond donors (Lipinski definition) is 2. The average Bonchev–Trinajstić information content (AvgIpc) is 2.14. The summed E-state index contributed by atoms with van der Waals surface area (Å²) in [5.74, 6) is -0.924. The van der Waals surface area contributed by atoms with Gasteiger partial charge in [0.15, 0.2) is 6.10 Å². The lowest BCUT2D eigenvalue weighted by Crippen LogP contribution is -2.36. The number of aliphatic hydroxyl groups excluding tert-OH is 2. The summed E-state index contributed by atoms with van der Waals surface area (Å²) in [6.45, 7) is -0.492. The second-order valence-electron chi connectivity index (χ2n) is 2.19. The number of carbonyl (C=O) groups excluding carboxylic acids is 1. The number of cyclic esters (lactones) is 1. The van der Waals surface area contributed by atoms with Gasteiger partial charge >= 0.3 is 5.97 Å². The van der Waals surface area contributed by atoms with E-state index in [1.54, 1.807) is 0 Å². The highest BCUT2D eigenvalue weighted by atomic mass is 35.5. The summed E-state index contributed by atoms with van der Waals surface area (Å²) in [6, 6.07) is 0. The SMILES string of the molecule is O=C1O[C@H](CO)[C@@H](O)C1(Cl)Cl. The van der Waals surface area contributed by atoms with Gasteiger partial charge in [0.1, 0.15) is 6.10 Å². The fourth-order valence-corrected chi connectivity index (χ4v) is 1.14. The van der Waals surface area contributed by atoms with Crippen LogP contribution in [0.2, 0.25) is 0 Å². The largest absolute Gasteiger partial charge is 0.455 e. The number of esters is 1. The number of ether oxygens (including phenoxy) is 1. The molecule has 11 heavy (non-hydrogen) atoms. The molecule has 0 spiro atoms. The van der Waals surface area contributed by atoms with Crippen LogP contribution in [0.25, 0.3) is 0 Å². The van der Waals surface area contributed by atoms with E-state index in [2.05, 4.69) is 4.74 Å². The van der Waals surface area contributed by atoms with Gasteiger partial charge in [-0.15, -0.1) is 0 Å². The molecule has 1 heterocycles. The van der Waals surface area contributed by atoms with Gasteiger partial charge in [-0.25, -0.2) is 4.79 Å². The first-order chi connectivity index (χ1) is 5.00. The number of alkyl halides is 2. The molecule has 1 rings (SSSR count). The molecular weight excluding hydrogens is 195 g/mol. The van der Waals surface area contributed by atoms with Crippen LogP contribution in [0.5, 0.6) is 0 Å². The van der Waals surface area contributed by atoms with E-state index in [1.807, 2.05) is 0 Å². The Bertz CT molecular complexity index is 181. The fourth-order valence-electron chi connectivity index (χ4n) is 0.772. The lowest BCUT2D eigenvalue weighted by molar-refractivity contribution is -0.143. The van der Waals surface area contributed by atoms with E-state index in [0.717, 1.165) is 0 Å². The summed E-state index contributed by atoms with van der Waals surface area (Å²) in [7, 11) is 0. The molecule has 2 N–H and O–H groups in total. The smallest absolute Gasteiger partial charge is 0.346 e. The number of aliphatic hydroxyl groups is 2. The van der Waals surface area contributed by atoms with Crippen LogP contribution in [0.4, 0.5) is 0 Å². The zero-order valence-electron chi connectivity index (χ0n) is 5.33. The van der Waals surface area contributed by atoms with Crippen molar-refractivity contribution in [1.82, 2.24) is 0 Å². The summed E-state index contributed by atoms with van der Waals surface area (Å²) < 4.78 is 2.50. The predicted octanol–water partition coefficient (Wildman–Crippen LogP) is -0.561. The Morgan fingerprint density at radius 3 is 2.36 bits per heavy atom. The molecule has 4 nitrogen and oxygen atoms in total.